The molecule has 2 saturated heterocycles. The fourth-order valence-electron chi connectivity index (χ4n) is 4.52. The van der Waals surface area contributed by atoms with Crippen LogP contribution in [0.3, 0.4) is 0 Å². The van der Waals surface area contributed by atoms with Crippen LogP contribution < -0.4 is 9.64 Å². The predicted molar refractivity (Wildman–Crippen MR) is 113 cm³/mol. The van der Waals surface area contributed by atoms with Gasteiger partial charge in [-0.1, -0.05) is 6.07 Å². The van der Waals surface area contributed by atoms with Crippen molar-refractivity contribution in [3.8, 4) is 11.5 Å². The predicted octanol–water partition coefficient (Wildman–Crippen LogP) is 3.33. The van der Waals surface area contributed by atoms with E-state index >= 15 is 0 Å². The van der Waals surface area contributed by atoms with Gasteiger partial charge in [0.1, 0.15) is 17.3 Å². The van der Waals surface area contributed by atoms with Gasteiger partial charge in [-0.3, -0.25) is 9.80 Å². The van der Waals surface area contributed by atoms with E-state index in [-0.39, 0.29) is 5.82 Å². The minimum Gasteiger partial charge on any atom is -0.507 e. The monoisotopic (exact) mass is 399 g/mol. The van der Waals surface area contributed by atoms with E-state index in [0.29, 0.717) is 17.5 Å². The molecule has 0 amide bonds. The third-order valence-corrected chi connectivity index (χ3v) is 6.19. The molecule has 2 aliphatic rings. The number of ether oxygens (including phenoxy) is 1. The molecule has 1 atom stereocenters. The summed E-state index contributed by atoms with van der Waals surface area (Å²) in [7, 11) is 1.61. The first kappa shape index (κ1) is 20.0. The first-order valence-electron chi connectivity index (χ1n) is 10.4. The molecule has 2 heterocycles. The van der Waals surface area contributed by atoms with Crippen LogP contribution in [-0.4, -0.2) is 67.3 Å². The van der Waals surface area contributed by atoms with Crippen LogP contribution in [0.2, 0.25) is 0 Å². The number of aromatic hydroxyl groups is 1. The number of phenols is 1. The SMILES string of the molecule is COc1ccc(CN2CCC[C@H](N3CCN(c4ccc(F)cc4)CC3)C2)c(O)c1. The number of anilines is 1. The van der Waals surface area contributed by atoms with Gasteiger partial charge in [-0.15, -0.1) is 0 Å². The number of piperidine rings is 1. The summed E-state index contributed by atoms with van der Waals surface area (Å²) in [6.07, 6.45) is 2.40. The van der Waals surface area contributed by atoms with Gasteiger partial charge < -0.3 is 14.7 Å². The van der Waals surface area contributed by atoms with E-state index in [1.807, 2.05) is 24.3 Å². The second kappa shape index (κ2) is 9.01. The molecule has 0 spiro atoms. The number of benzene rings is 2. The highest BCUT2D eigenvalue weighted by Crippen LogP contribution is 2.27. The van der Waals surface area contributed by atoms with Crippen LogP contribution in [0.15, 0.2) is 42.5 Å². The molecule has 0 radical (unpaired) electrons. The number of halogens is 1. The molecule has 2 aliphatic heterocycles. The van der Waals surface area contributed by atoms with Gasteiger partial charge in [0.2, 0.25) is 0 Å². The average Bonchev–Trinajstić information content (AvgIpc) is 2.76. The van der Waals surface area contributed by atoms with Gasteiger partial charge in [-0.05, 0) is 49.7 Å². The van der Waals surface area contributed by atoms with Crippen molar-refractivity contribution in [2.24, 2.45) is 0 Å². The molecule has 2 aromatic rings. The second-order valence-electron chi connectivity index (χ2n) is 8.03. The van der Waals surface area contributed by atoms with Crippen LogP contribution in [0, 0.1) is 5.82 Å². The lowest BCUT2D eigenvalue weighted by Crippen LogP contribution is -2.55. The average molecular weight is 400 g/mol. The Kier molecular flexibility index (Phi) is 6.21. The molecule has 29 heavy (non-hydrogen) atoms. The molecule has 0 saturated carbocycles. The van der Waals surface area contributed by atoms with Crippen molar-refractivity contribution in [3.63, 3.8) is 0 Å². The van der Waals surface area contributed by atoms with Gasteiger partial charge in [0.15, 0.2) is 0 Å². The Morgan fingerprint density at radius 3 is 2.48 bits per heavy atom. The van der Waals surface area contributed by atoms with Gasteiger partial charge in [-0.2, -0.15) is 0 Å². The number of rotatable bonds is 5. The fraction of sp³-hybridized carbons (Fsp3) is 0.478. The molecular weight excluding hydrogens is 369 g/mol. The molecule has 4 rings (SSSR count). The Hall–Kier alpha value is -2.31. The summed E-state index contributed by atoms with van der Waals surface area (Å²) < 4.78 is 18.3. The highest BCUT2D eigenvalue weighted by Gasteiger charge is 2.28. The lowest BCUT2D eigenvalue weighted by Gasteiger charge is -2.44. The maximum atomic E-state index is 13.2. The Labute approximate surface area is 172 Å². The van der Waals surface area contributed by atoms with Gasteiger partial charge in [0.25, 0.3) is 0 Å². The first-order chi connectivity index (χ1) is 14.1. The zero-order chi connectivity index (χ0) is 20.2. The Morgan fingerprint density at radius 1 is 1.03 bits per heavy atom. The summed E-state index contributed by atoms with van der Waals surface area (Å²) in [5.41, 5.74) is 2.05. The Bertz CT molecular complexity index is 806. The maximum Gasteiger partial charge on any atom is 0.123 e. The highest BCUT2D eigenvalue weighted by molar-refractivity contribution is 5.46. The van der Waals surface area contributed by atoms with Gasteiger partial charge in [0.05, 0.1) is 7.11 Å². The van der Waals surface area contributed by atoms with E-state index in [9.17, 15) is 9.50 Å². The smallest absolute Gasteiger partial charge is 0.123 e. The molecule has 6 heteroatoms. The minimum absolute atomic E-state index is 0.183. The summed E-state index contributed by atoms with van der Waals surface area (Å²) in [4.78, 5) is 7.38. The van der Waals surface area contributed by atoms with Crippen molar-refractivity contribution in [1.29, 1.82) is 0 Å². The lowest BCUT2D eigenvalue weighted by atomic mass is 10.0. The number of phenolic OH excluding ortho intramolecular Hbond substituents is 1. The molecular formula is C23H30FN3O2. The zero-order valence-electron chi connectivity index (χ0n) is 17.1. The molecule has 0 aromatic heterocycles. The summed E-state index contributed by atoms with van der Waals surface area (Å²) in [6.45, 7) is 6.87. The molecule has 0 aliphatic carbocycles. The highest BCUT2D eigenvalue weighted by atomic mass is 19.1. The number of likely N-dealkylation sites (tertiary alicyclic amines) is 1. The summed E-state index contributed by atoms with van der Waals surface area (Å²) in [5.74, 6) is 0.804. The normalized spacial score (nSPS) is 21.3. The van der Waals surface area contributed by atoms with E-state index < -0.39 is 0 Å². The molecule has 2 aromatic carbocycles. The lowest BCUT2D eigenvalue weighted by molar-refractivity contribution is 0.0883. The Balaban J connectivity index is 1.31. The molecule has 0 bridgehead atoms. The van der Waals surface area contributed by atoms with Crippen LogP contribution in [0.5, 0.6) is 11.5 Å². The van der Waals surface area contributed by atoms with Crippen molar-refractivity contribution in [2.45, 2.75) is 25.4 Å². The molecule has 1 N–H and O–H groups in total. The standard InChI is InChI=1S/C23H30FN3O2/c1-29-22-9-4-18(23(28)15-22)16-25-10-2-3-21(17-25)27-13-11-26(12-14-27)20-7-5-19(24)6-8-20/h4-9,15,21,28H,2-3,10-14,16-17H2,1H3/t21-/m0/s1. The van der Waals surface area contributed by atoms with Crippen LogP contribution in [0.1, 0.15) is 18.4 Å². The minimum atomic E-state index is -0.183. The first-order valence-corrected chi connectivity index (χ1v) is 10.4. The van der Waals surface area contributed by atoms with Crippen molar-refractivity contribution in [3.05, 3.63) is 53.8 Å². The van der Waals surface area contributed by atoms with E-state index in [1.165, 1.54) is 25.0 Å². The van der Waals surface area contributed by atoms with Crippen LogP contribution in [0.25, 0.3) is 0 Å². The third-order valence-electron chi connectivity index (χ3n) is 6.19. The number of hydrogen-bond acceptors (Lipinski definition) is 5. The van der Waals surface area contributed by atoms with Crippen molar-refractivity contribution >= 4 is 5.69 Å². The van der Waals surface area contributed by atoms with Crippen molar-refractivity contribution < 1.29 is 14.2 Å². The van der Waals surface area contributed by atoms with Crippen LogP contribution in [-0.2, 0) is 6.54 Å². The summed E-state index contributed by atoms with van der Waals surface area (Å²) in [6, 6.07) is 12.9. The van der Waals surface area contributed by atoms with E-state index in [1.54, 1.807) is 13.2 Å². The third kappa shape index (κ3) is 4.82. The van der Waals surface area contributed by atoms with E-state index in [4.69, 9.17) is 4.74 Å². The molecule has 5 nitrogen and oxygen atoms in total. The molecule has 2 fully saturated rings. The van der Waals surface area contributed by atoms with Gasteiger partial charge in [-0.25, -0.2) is 4.39 Å². The fourth-order valence-corrected chi connectivity index (χ4v) is 4.52. The molecule has 0 unspecified atom stereocenters. The number of piperazine rings is 1. The topological polar surface area (TPSA) is 39.2 Å². The number of nitrogens with zero attached hydrogens (tertiary/aromatic N) is 3. The van der Waals surface area contributed by atoms with Crippen molar-refractivity contribution in [1.82, 2.24) is 9.80 Å². The summed E-state index contributed by atoms with van der Waals surface area (Å²) >= 11 is 0. The maximum absolute atomic E-state index is 13.2. The number of methoxy groups -OCH3 is 1. The largest absolute Gasteiger partial charge is 0.507 e. The van der Waals surface area contributed by atoms with Crippen LogP contribution in [0.4, 0.5) is 10.1 Å². The van der Waals surface area contributed by atoms with E-state index in [2.05, 4.69) is 14.7 Å². The van der Waals surface area contributed by atoms with Crippen LogP contribution >= 0.6 is 0 Å². The zero-order valence-corrected chi connectivity index (χ0v) is 17.1. The summed E-state index contributed by atoms with van der Waals surface area (Å²) in [5, 5.41) is 10.3. The van der Waals surface area contributed by atoms with Gasteiger partial charge in [0, 0.05) is 62.6 Å². The molecule has 156 valence electrons. The number of hydrogen-bond donors (Lipinski definition) is 1. The van der Waals surface area contributed by atoms with Gasteiger partial charge >= 0.3 is 0 Å². The van der Waals surface area contributed by atoms with Crippen molar-refractivity contribution in [2.75, 3.05) is 51.3 Å². The second-order valence-corrected chi connectivity index (χ2v) is 8.03. The quantitative estimate of drug-likeness (QED) is 0.835. The van der Waals surface area contributed by atoms with E-state index in [0.717, 1.165) is 57.1 Å². The Morgan fingerprint density at radius 2 is 1.79 bits per heavy atom.